The molecule has 2 aromatic heterocycles. The number of hydrogen-bond donors (Lipinski definition) is 1. The number of fused-ring (bicyclic) bond motifs is 1. The van der Waals surface area contributed by atoms with E-state index in [1.165, 1.54) is 10.7 Å². The van der Waals surface area contributed by atoms with Gasteiger partial charge in [-0.25, -0.2) is 24.4 Å². The minimum atomic E-state index is -0.555. The maximum atomic E-state index is 13.3. The number of aromatic nitrogens is 3. The number of halogens is 1. The molecule has 28 heavy (non-hydrogen) atoms. The Labute approximate surface area is 161 Å². The van der Waals surface area contributed by atoms with Crippen molar-refractivity contribution >= 4 is 23.3 Å². The van der Waals surface area contributed by atoms with Gasteiger partial charge in [0.1, 0.15) is 30.4 Å². The molecule has 0 radical (unpaired) electrons. The number of carbonyl (C=O) groups is 1. The topological polar surface area (TPSA) is 93.4 Å². The van der Waals surface area contributed by atoms with E-state index in [0.29, 0.717) is 42.3 Å². The molecule has 0 atom stereocenters. The van der Waals surface area contributed by atoms with Crippen LogP contribution in [0.1, 0.15) is 23.2 Å². The van der Waals surface area contributed by atoms with E-state index in [2.05, 4.69) is 27.1 Å². The molecule has 10 heteroatoms. The van der Waals surface area contributed by atoms with Crippen LogP contribution in [0.15, 0.2) is 48.1 Å². The summed E-state index contributed by atoms with van der Waals surface area (Å²) in [6, 6.07) is 1.81. The molecule has 0 unspecified atom stereocenters. The summed E-state index contributed by atoms with van der Waals surface area (Å²) in [5.74, 6) is 0.0493. The lowest BCUT2D eigenvalue weighted by atomic mass is 10.3. The number of hydrogen-bond acceptors (Lipinski definition) is 7. The molecule has 148 valence electrons. The fourth-order valence-corrected chi connectivity index (χ4v) is 2.55. The van der Waals surface area contributed by atoms with Gasteiger partial charge in [0.15, 0.2) is 11.5 Å². The lowest BCUT2D eigenvalue weighted by molar-refractivity contribution is 0.0183. The number of rotatable bonds is 2. The van der Waals surface area contributed by atoms with Crippen LogP contribution in [0.3, 0.4) is 0 Å². The summed E-state index contributed by atoms with van der Waals surface area (Å²) >= 11 is 0. The van der Waals surface area contributed by atoms with E-state index in [1.54, 1.807) is 6.20 Å². The molecular formula is C18H21FN6O3. The third-order valence-corrected chi connectivity index (χ3v) is 4.02. The Balaban J connectivity index is 1.82. The Morgan fingerprint density at radius 2 is 2.32 bits per heavy atom. The third-order valence-electron chi connectivity index (χ3n) is 4.02. The van der Waals surface area contributed by atoms with Gasteiger partial charge in [-0.1, -0.05) is 6.58 Å². The molecule has 1 amide bonds. The monoisotopic (exact) mass is 388 g/mol. The lowest BCUT2D eigenvalue weighted by Crippen LogP contribution is -2.26. The number of hydroxylamine groups is 1. The Hall–Kier alpha value is -3.27. The van der Waals surface area contributed by atoms with Crippen molar-refractivity contribution in [1.82, 2.24) is 20.1 Å². The first-order valence-corrected chi connectivity index (χ1v) is 8.73. The van der Waals surface area contributed by atoms with Crippen molar-refractivity contribution in [3.63, 3.8) is 0 Å². The van der Waals surface area contributed by atoms with Crippen LogP contribution >= 0.6 is 0 Å². The van der Waals surface area contributed by atoms with Crippen LogP contribution < -0.4 is 10.4 Å². The van der Waals surface area contributed by atoms with Crippen molar-refractivity contribution in [2.45, 2.75) is 12.8 Å². The first kappa shape index (κ1) is 19.5. The van der Waals surface area contributed by atoms with Gasteiger partial charge in [0, 0.05) is 26.2 Å². The van der Waals surface area contributed by atoms with Gasteiger partial charge in [-0.15, -0.1) is 0 Å². The van der Waals surface area contributed by atoms with Crippen LogP contribution in [0.25, 0.3) is 5.65 Å². The van der Waals surface area contributed by atoms with E-state index >= 15 is 0 Å². The molecule has 0 aliphatic carbocycles. The number of aliphatic imine (C=N–C) groups is 1. The van der Waals surface area contributed by atoms with Crippen molar-refractivity contribution in [2.75, 3.05) is 31.7 Å². The first-order valence-electron chi connectivity index (χ1n) is 8.73. The number of nitrogens with one attached hydrogen (secondary N) is 1. The standard InChI is InChI=1S/C18H21FN6O3/c1-3-13(19)11-20-16-5-4-7-24(2)15-6-8-25-17(22-15)14(12-21-25)18(26)23-28-10-9-27-16/h3,6,8,11-12H,1,4-5,7,9-10H2,2H3,(H,23,26)/b13-11+,20-16+. The van der Waals surface area contributed by atoms with E-state index in [1.807, 2.05) is 18.0 Å². The molecule has 3 rings (SSSR count). The van der Waals surface area contributed by atoms with Crippen LogP contribution in [-0.4, -0.2) is 53.2 Å². The first-order chi connectivity index (χ1) is 13.6. The zero-order valence-corrected chi connectivity index (χ0v) is 15.5. The minimum Gasteiger partial charge on any atom is -0.478 e. The summed E-state index contributed by atoms with van der Waals surface area (Å²) in [4.78, 5) is 28.0. The number of nitrogens with zero attached hydrogens (tertiary/aromatic N) is 5. The van der Waals surface area contributed by atoms with Crippen molar-refractivity contribution < 1.29 is 18.8 Å². The molecule has 1 aliphatic rings. The molecule has 2 aromatic rings. The number of anilines is 1. The molecule has 3 heterocycles. The maximum Gasteiger partial charge on any atom is 0.280 e. The summed E-state index contributed by atoms with van der Waals surface area (Å²) in [6.07, 6.45) is 6.50. The molecule has 0 fully saturated rings. The zero-order chi connectivity index (χ0) is 19.9. The van der Waals surface area contributed by atoms with Crippen molar-refractivity contribution in [3.05, 3.63) is 48.7 Å². The number of ether oxygens (including phenoxy) is 1. The van der Waals surface area contributed by atoms with E-state index in [9.17, 15) is 9.18 Å². The van der Waals surface area contributed by atoms with Crippen LogP contribution in [0, 0.1) is 0 Å². The van der Waals surface area contributed by atoms with Crippen molar-refractivity contribution in [3.8, 4) is 0 Å². The van der Waals surface area contributed by atoms with E-state index in [0.717, 1.165) is 12.3 Å². The fourth-order valence-electron chi connectivity index (χ4n) is 2.55. The highest BCUT2D eigenvalue weighted by molar-refractivity contribution is 5.99. The number of carbonyl (C=O) groups excluding carboxylic acids is 1. The zero-order valence-electron chi connectivity index (χ0n) is 15.5. The molecule has 1 aliphatic heterocycles. The van der Waals surface area contributed by atoms with Crippen LogP contribution in [0.2, 0.25) is 0 Å². The van der Waals surface area contributed by atoms with Gasteiger partial charge in [0.2, 0.25) is 0 Å². The van der Waals surface area contributed by atoms with Crippen LogP contribution in [0.5, 0.6) is 0 Å². The minimum absolute atomic E-state index is 0.0935. The highest BCUT2D eigenvalue weighted by Crippen LogP contribution is 2.15. The van der Waals surface area contributed by atoms with Crippen LogP contribution in [0.4, 0.5) is 10.2 Å². The molecule has 0 saturated heterocycles. The summed E-state index contributed by atoms with van der Waals surface area (Å²) in [7, 11) is 1.89. The summed E-state index contributed by atoms with van der Waals surface area (Å²) in [5.41, 5.74) is 3.08. The number of amides is 1. The van der Waals surface area contributed by atoms with Gasteiger partial charge in [-0.2, -0.15) is 5.10 Å². The van der Waals surface area contributed by atoms with Gasteiger partial charge in [0.05, 0.1) is 12.4 Å². The number of allylic oxidation sites excluding steroid dienone is 2. The average molecular weight is 388 g/mol. The second kappa shape index (κ2) is 9.09. The highest BCUT2D eigenvalue weighted by Gasteiger charge is 2.16. The van der Waals surface area contributed by atoms with E-state index in [-0.39, 0.29) is 13.2 Å². The third kappa shape index (κ3) is 4.71. The second-order valence-corrected chi connectivity index (χ2v) is 6.01. The van der Waals surface area contributed by atoms with Gasteiger partial charge in [-0.3, -0.25) is 9.63 Å². The van der Waals surface area contributed by atoms with Crippen molar-refractivity contribution in [1.29, 1.82) is 0 Å². The lowest BCUT2D eigenvalue weighted by Gasteiger charge is -2.18. The van der Waals surface area contributed by atoms with Gasteiger partial charge < -0.3 is 9.64 Å². The summed E-state index contributed by atoms with van der Waals surface area (Å²) in [5, 5.41) is 4.13. The van der Waals surface area contributed by atoms with E-state index in [4.69, 9.17) is 9.57 Å². The Bertz CT molecular complexity index is 923. The second-order valence-electron chi connectivity index (χ2n) is 6.01. The SMILES string of the molecule is C=C/C(F)=C\N=C1/CCCN(C)c2ccn3ncc(c3n2)C(=O)NOCCO1. The predicted molar refractivity (Wildman–Crippen MR) is 102 cm³/mol. The molecule has 0 saturated carbocycles. The Morgan fingerprint density at radius 3 is 3.14 bits per heavy atom. The fraction of sp³-hybridized carbons (Fsp3) is 0.333. The Kier molecular flexibility index (Phi) is 6.33. The van der Waals surface area contributed by atoms with Gasteiger partial charge in [-0.05, 0) is 18.6 Å². The molecular weight excluding hydrogens is 367 g/mol. The Morgan fingerprint density at radius 1 is 1.46 bits per heavy atom. The molecule has 1 N–H and O–H groups in total. The predicted octanol–water partition coefficient (Wildman–Crippen LogP) is 2.03. The normalized spacial score (nSPS) is 18.5. The average Bonchev–Trinajstić information content (AvgIpc) is 3.13. The largest absolute Gasteiger partial charge is 0.478 e. The molecule has 9 nitrogen and oxygen atoms in total. The highest BCUT2D eigenvalue weighted by atomic mass is 19.1. The van der Waals surface area contributed by atoms with E-state index < -0.39 is 11.7 Å². The van der Waals surface area contributed by atoms with Crippen molar-refractivity contribution in [2.24, 2.45) is 4.99 Å². The smallest absolute Gasteiger partial charge is 0.280 e. The molecule has 0 spiro atoms. The quantitative estimate of drug-likeness (QED) is 0.792. The molecule has 0 aromatic carbocycles. The summed E-state index contributed by atoms with van der Waals surface area (Å²) < 4.78 is 20.3. The maximum absolute atomic E-state index is 13.3. The van der Waals surface area contributed by atoms with Gasteiger partial charge in [0.25, 0.3) is 5.91 Å². The molecule has 2 bridgehead atoms. The summed E-state index contributed by atoms with van der Waals surface area (Å²) in [6.45, 7) is 4.24. The van der Waals surface area contributed by atoms with Crippen LogP contribution in [-0.2, 0) is 9.57 Å². The van der Waals surface area contributed by atoms with Gasteiger partial charge >= 0.3 is 0 Å².